The molecule has 2 atom stereocenters. The van der Waals surface area contributed by atoms with Crippen LogP contribution < -0.4 is 0 Å². The lowest BCUT2D eigenvalue weighted by Crippen LogP contribution is -2.31. The molecule has 2 aromatic carbocycles. The summed E-state index contributed by atoms with van der Waals surface area (Å²) in [5.74, 6) is 0. The second-order valence-electron chi connectivity index (χ2n) is 7.29. The first-order valence-electron chi connectivity index (χ1n) is 7.94. The number of hydrogen-bond acceptors (Lipinski definition) is 2. The zero-order valence-electron chi connectivity index (χ0n) is 13.7. The second-order valence-corrected chi connectivity index (χ2v) is 7.29. The third-order valence-electron chi connectivity index (χ3n) is 5.24. The highest BCUT2D eigenvalue weighted by Gasteiger charge is 2.79. The molecule has 1 unspecified atom stereocenters. The van der Waals surface area contributed by atoms with E-state index in [1.54, 1.807) is 0 Å². The standard InChI is InChI=1S/C20H22N2/c1-18(2)20(16-13-9-6-10-14-16)17(15-11-7-5-8-12-15)21-19(3,4)22(18)20/h5-14H,1-4H3/t20-,22?/m0/s1. The van der Waals surface area contributed by atoms with Crippen LogP contribution in [0, 0.1) is 0 Å². The normalized spacial score (nSPS) is 30.5. The number of aliphatic imine (C=N–C) groups is 1. The summed E-state index contributed by atoms with van der Waals surface area (Å²) in [6.45, 7) is 9.10. The lowest BCUT2D eigenvalue weighted by molar-refractivity contribution is 0.242. The summed E-state index contributed by atoms with van der Waals surface area (Å²) in [5, 5.41) is 0. The zero-order chi connectivity index (χ0) is 15.6. The molecule has 2 aromatic rings. The highest BCUT2D eigenvalue weighted by Crippen LogP contribution is 2.67. The van der Waals surface area contributed by atoms with Crippen molar-refractivity contribution < 1.29 is 0 Å². The average molecular weight is 290 g/mol. The molecule has 0 N–H and O–H groups in total. The average Bonchev–Trinajstić information content (AvgIpc) is 2.91. The Bertz CT molecular complexity index is 744. The Labute approximate surface area is 132 Å². The fourth-order valence-corrected chi connectivity index (χ4v) is 4.65. The van der Waals surface area contributed by atoms with Crippen molar-refractivity contribution in [3.05, 3.63) is 71.8 Å². The van der Waals surface area contributed by atoms with Crippen LogP contribution in [0.4, 0.5) is 0 Å². The predicted octanol–water partition coefficient (Wildman–Crippen LogP) is 4.22. The van der Waals surface area contributed by atoms with Crippen LogP contribution in [0.3, 0.4) is 0 Å². The van der Waals surface area contributed by atoms with Gasteiger partial charge in [0.25, 0.3) is 0 Å². The summed E-state index contributed by atoms with van der Waals surface area (Å²) < 4.78 is 0. The van der Waals surface area contributed by atoms with Crippen molar-refractivity contribution in [3.63, 3.8) is 0 Å². The molecule has 0 spiro atoms. The molecule has 0 saturated carbocycles. The Morgan fingerprint density at radius 1 is 0.773 bits per heavy atom. The summed E-state index contributed by atoms with van der Waals surface area (Å²) in [6, 6.07) is 21.4. The number of nitrogens with zero attached hydrogens (tertiary/aromatic N) is 2. The molecule has 0 aromatic heterocycles. The molecule has 2 aliphatic rings. The third-order valence-corrected chi connectivity index (χ3v) is 5.24. The van der Waals surface area contributed by atoms with Gasteiger partial charge in [-0.25, -0.2) is 0 Å². The van der Waals surface area contributed by atoms with Crippen molar-refractivity contribution >= 4 is 5.71 Å². The van der Waals surface area contributed by atoms with Gasteiger partial charge in [0.2, 0.25) is 0 Å². The van der Waals surface area contributed by atoms with Crippen LogP contribution in [0.5, 0.6) is 0 Å². The van der Waals surface area contributed by atoms with Gasteiger partial charge in [0.05, 0.1) is 5.71 Å². The topological polar surface area (TPSA) is 15.4 Å². The van der Waals surface area contributed by atoms with Gasteiger partial charge in [-0.05, 0) is 38.8 Å². The van der Waals surface area contributed by atoms with Crippen molar-refractivity contribution in [1.29, 1.82) is 0 Å². The minimum absolute atomic E-state index is 0.0742. The van der Waals surface area contributed by atoms with Crippen LogP contribution in [-0.4, -0.2) is 21.8 Å². The van der Waals surface area contributed by atoms with Crippen molar-refractivity contribution in [3.8, 4) is 0 Å². The van der Waals surface area contributed by atoms with Gasteiger partial charge in [-0.1, -0.05) is 60.7 Å². The van der Waals surface area contributed by atoms with E-state index in [0.717, 1.165) is 0 Å². The summed E-state index contributed by atoms with van der Waals surface area (Å²) in [6.07, 6.45) is 0. The Morgan fingerprint density at radius 2 is 1.32 bits per heavy atom. The fraction of sp³-hybridized carbons (Fsp3) is 0.350. The number of fused-ring (bicyclic) bond motifs is 1. The largest absolute Gasteiger partial charge is 0.265 e. The maximum absolute atomic E-state index is 5.11. The molecule has 2 nitrogen and oxygen atoms in total. The molecular weight excluding hydrogens is 268 g/mol. The van der Waals surface area contributed by atoms with Crippen molar-refractivity contribution in [2.75, 3.05) is 0 Å². The number of benzene rings is 2. The van der Waals surface area contributed by atoms with Gasteiger partial charge in [0.15, 0.2) is 0 Å². The van der Waals surface area contributed by atoms with Crippen molar-refractivity contribution in [2.45, 2.75) is 44.4 Å². The predicted molar refractivity (Wildman–Crippen MR) is 91.1 cm³/mol. The minimum atomic E-state index is -0.176. The maximum atomic E-state index is 5.11. The molecule has 1 saturated heterocycles. The maximum Gasteiger partial charge on any atom is 0.110 e. The Balaban J connectivity index is 1.97. The molecular formula is C20H22N2. The second kappa shape index (κ2) is 4.08. The monoisotopic (exact) mass is 290 g/mol. The first kappa shape index (κ1) is 13.7. The molecule has 0 amide bonds. The fourth-order valence-electron chi connectivity index (χ4n) is 4.65. The van der Waals surface area contributed by atoms with Crippen molar-refractivity contribution in [2.24, 2.45) is 4.99 Å². The Morgan fingerprint density at radius 3 is 1.86 bits per heavy atom. The molecule has 2 heteroatoms. The van der Waals surface area contributed by atoms with E-state index in [2.05, 4.69) is 93.3 Å². The molecule has 2 aliphatic heterocycles. The van der Waals surface area contributed by atoms with Gasteiger partial charge in [-0.3, -0.25) is 9.89 Å². The highest BCUT2D eigenvalue weighted by atomic mass is 15.6. The van der Waals surface area contributed by atoms with E-state index >= 15 is 0 Å². The van der Waals surface area contributed by atoms with E-state index < -0.39 is 0 Å². The first-order valence-corrected chi connectivity index (χ1v) is 7.94. The molecule has 0 radical (unpaired) electrons. The Hall–Kier alpha value is -1.93. The number of rotatable bonds is 2. The quantitative estimate of drug-likeness (QED) is 0.756. The van der Waals surface area contributed by atoms with Crippen LogP contribution >= 0.6 is 0 Å². The van der Waals surface area contributed by atoms with Gasteiger partial charge < -0.3 is 0 Å². The van der Waals surface area contributed by atoms with Crippen LogP contribution in [0.2, 0.25) is 0 Å². The van der Waals surface area contributed by atoms with Gasteiger partial charge in [0.1, 0.15) is 11.2 Å². The lowest BCUT2D eigenvalue weighted by Gasteiger charge is -2.23. The SMILES string of the molecule is CC1(C)N=C(c2ccccc2)[C@]2(c3ccccc3)N1C2(C)C. The summed E-state index contributed by atoms with van der Waals surface area (Å²) in [5.41, 5.74) is 3.56. The van der Waals surface area contributed by atoms with Crippen molar-refractivity contribution in [1.82, 2.24) is 4.90 Å². The Kier molecular flexibility index (Phi) is 2.54. The lowest BCUT2D eigenvalue weighted by atomic mass is 9.81. The van der Waals surface area contributed by atoms with E-state index in [1.807, 2.05) is 0 Å². The smallest absolute Gasteiger partial charge is 0.110 e. The van der Waals surface area contributed by atoms with E-state index in [1.165, 1.54) is 16.8 Å². The van der Waals surface area contributed by atoms with E-state index in [4.69, 9.17) is 4.99 Å². The highest BCUT2D eigenvalue weighted by molar-refractivity contribution is 6.13. The van der Waals surface area contributed by atoms with Gasteiger partial charge in [-0.2, -0.15) is 0 Å². The van der Waals surface area contributed by atoms with Crippen LogP contribution in [0.25, 0.3) is 0 Å². The molecule has 112 valence electrons. The zero-order valence-corrected chi connectivity index (χ0v) is 13.7. The molecule has 1 fully saturated rings. The minimum Gasteiger partial charge on any atom is -0.265 e. The van der Waals surface area contributed by atoms with Gasteiger partial charge >= 0.3 is 0 Å². The summed E-state index contributed by atoms with van der Waals surface area (Å²) in [4.78, 5) is 7.65. The van der Waals surface area contributed by atoms with Crippen LogP contribution in [-0.2, 0) is 5.54 Å². The van der Waals surface area contributed by atoms with Gasteiger partial charge in [0, 0.05) is 5.54 Å². The first-order chi connectivity index (χ1) is 10.4. The molecule has 0 aliphatic carbocycles. The van der Waals surface area contributed by atoms with Crippen LogP contribution in [0.1, 0.15) is 38.8 Å². The van der Waals surface area contributed by atoms with Gasteiger partial charge in [-0.15, -0.1) is 0 Å². The summed E-state index contributed by atoms with van der Waals surface area (Å²) >= 11 is 0. The van der Waals surface area contributed by atoms with Crippen LogP contribution in [0.15, 0.2) is 65.7 Å². The summed E-state index contributed by atoms with van der Waals surface area (Å²) in [7, 11) is 0. The molecule has 2 heterocycles. The van der Waals surface area contributed by atoms with E-state index in [0.29, 0.717) is 0 Å². The third kappa shape index (κ3) is 1.46. The van der Waals surface area contributed by atoms with E-state index in [9.17, 15) is 0 Å². The van der Waals surface area contributed by atoms with E-state index in [-0.39, 0.29) is 16.7 Å². The molecule has 0 bridgehead atoms. The number of hydrogen-bond donors (Lipinski definition) is 0. The molecule has 4 rings (SSSR count). The molecule has 22 heavy (non-hydrogen) atoms.